The average molecular weight is 422 g/mol. The molecule has 1 aromatic carbocycles. The molecule has 0 saturated carbocycles. The fourth-order valence-electron chi connectivity index (χ4n) is 2.34. The fraction of sp³-hybridized carbons (Fsp3) is 0.167. The van der Waals surface area contributed by atoms with Crippen molar-refractivity contribution in [2.75, 3.05) is 5.32 Å². The molecule has 0 fully saturated rings. The molecule has 3 aromatic rings. The molecule has 0 aliphatic heterocycles. The Kier molecular flexibility index (Phi) is 5.79. The smallest absolute Gasteiger partial charge is 0.261 e. The number of anilines is 1. The third-order valence-corrected chi connectivity index (χ3v) is 5.84. The van der Waals surface area contributed by atoms with Crippen molar-refractivity contribution < 1.29 is 14.7 Å². The summed E-state index contributed by atoms with van der Waals surface area (Å²) in [6.45, 7) is 3.87. The molecule has 9 heteroatoms. The van der Waals surface area contributed by atoms with Crippen LogP contribution in [0.3, 0.4) is 0 Å². The van der Waals surface area contributed by atoms with Crippen molar-refractivity contribution in [3.05, 3.63) is 50.7 Å². The van der Waals surface area contributed by atoms with Crippen molar-refractivity contribution in [2.45, 2.75) is 20.4 Å². The third-order valence-electron chi connectivity index (χ3n) is 3.63. The number of hydrogen-bond donors (Lipinski definition) is 3. The van der Waals surface area contributed by atoms with Gasteiger partial charge in [0.05, 0.1) is 22.7 Å². The molecule has 2 amide bonds. The van der Waals surface area contributed by atoms with Gasteiger partial charge in [-0.2, -0.15) is 0 Å². The van der Waals surface area contributed by atoms with E-state index in [0.717, 1.165) is 20.3 Å². The maximum atomic E-state index is 12.4. The molecule has 3 N–H and O–H groups in total. The normalized spacial score (nSPS) is 10.6. The molecule has 0 aliphatic carbocycles. The second-order valence-electron chi connectivity index (χ2n) is 5.72. The van der Waals surface area contributed by atoms with Crippen molar-refractivity contribution in [1.82, 2.24) is 10.3 Å². The zero-order valence-electron chi connectivity index (χ0n) is 14.5. The van der Waals surface area contributed by atoms with Crippen LogP contribution in [0.1, 0.15) is 27.0 Å². The number of phenols is 1. The molecular weight excluding hydrogens is 406 g/mol. The number of aromatic nitrogens is 1. The molecule has 0 saturated heterocycles. The summed E-state index contributed by atoms with van der Waals surface area (Å²) in [7, 11) is 0. The first-order valence-corrected chi connectivity index (χ1v) is 9.95. The molecule has 0 aliphatic rings. The number of rotatable bonds is 5. The lowest BCUT2D eigenvalue weighted by molar-refractivity contribution is -0.119. The van der Waals surface area contributed by atoms with Crippen LogP contribution in [0, 0.1) is 6.92 Å². The van der Waals surface area contributed by atoms with Gasteiger partial charge in [0.2, 0.25) is 5.91 Å². The van der Waals surface area contributed by atoms with Gasteiger partial charge in [-0.3, -0.25) is 14.9 Å². The number of carbonyl (C=O) groups is 2. The molecule has 2 heterocycles. The summed E-state index contributed by atoms with van der Waals surface area (Å²) in [4.78, 5) is 30.9. The Balaban J connectivity index is 1.77. The Morgan fingerprint density at radius 2 is 2.00 bits per heavy atom. The number of benzene rings is 1. The van der Waals surface area contributed by atoms with E-state index in [1.54, 1.807) is 0 Å². The van der Waals surface area contributed by atoms with Crippen LogP contribution in [0.25, 0.3) is 10.6 Å². The number of thiazole rings is 1. The van der Waals surface area contributed by atoms with Crippen molar-refractivity contribution in [1.29, 1.82) is 0 Å². The second kappa shape index (κ2) is 8.08. The minimum Gasteiger partial charge on any atom is -0.507 e. The van der Waals surface area contributed by atoms with E-state index in [0.29, 0.717) is 16.7 Å². The van der Waals surface area contributed by atoms with E-state index in [4.69, 9.17) is 11.6 Å². The van der Waals surface area contributed by atoms with Crippen LogP contribution >= 0.6 is 34.3 Å². The van der Waals surface area contributed by atoms with Crippen LogP contribution < -0.4 is 10.6 Å². The van der Waals surface area contributed by atoms with Crippen LogP contribution in [-0.2, 0) is 11.3 Å². The fourth-order valence-corrected chi connectivity index (χ4v) is 4.40. The van der Waals surface area contributed by atoms with Crippen molar-refractivity contribution in [3.8, 4) is 16.3 Å². The Morgan fingerprint density at radius 1 is 1.22 bits per heavy atom. The number of aryl methyl sites for hydroxylation is 1. The number of nitrogens with one attached hydrogen (secondary N) is 2. The van der Waals surface area contributed by atoms with Gasteiger partial charge in [0.1, 0.15) is 5.75 Å². The van der Waals surface area contributed by atoms with Gasteiger partial charge in [-0.25, -0.2) is 4.98 Å². The standard InChI is InChI=1S/C18H16ClN3O3S2/c1-9-16(15-6-4-12(27-15)8-20-10(2)23)21-18(26-9)22-17(25)13-7-11(19)3-5-14(13)24/h3-7,24H,8H2,1-2H3,(H,20,23)(H,21,22,25). The molecule has 0 unspecified atom stereocenters. The molecule has 0 atom stereocenters. The van der Waals surface area contributed by atoms with E-state index in [1.807, 2.05) is 19.1 Å². The van der Waals surface area contributed by atoms with Gasteiger partial charge < -0.3 is 10.4 Å². The van der Waals surface area contributed by atoms with Gasteiger partial charge in [-0.15, -0.1) is 22.7 Å². The van der Waals surface area contributed by atoms with Gasteiger partial charge in [-0.1, -0.05) is 11.6 Å². The number of carbonyl (C=O) groups excluding carboxylic acids is 2. The molecule has 0 radical (unpaired) electrons. The van der Waals surface area contributed by atoms with Gasteiger partial charge in [-0.05, 0) is 37.3 Å². The third kappa shape index (κ3) is 4.65. The van der Waals surface area contributed by atoms with Crippen LogP contribution in [0.5, 0.6) is 5.75 Å². The number of phenolic OH excluding ortho intramolecular Hbond substituents is 1. The van der Waals surface area contributed by atoms with E-state index in [9.17, 15) is 14.7 Å². The number of aromatic hydroxyl groups is 1. The predicted octanol–water partition coefficient (Wildman–Crippen LogP) is 4.43. The molecule has 140 valence electrons. The van der Waals surface area contributed by atoms with Crippen LogP contribution in [0.2, 0.25) is 5.02 Å². The molecule has 27 heavy (non-hydrogen) atoms. The first kappa shape index (κ1) is 19.3. The SMILES string of the molecule is CC(=O)NCc1ccc(-c2nc(NC(=O)c3cc(Cl)ccc3O)sc2C)s1. The highest BCUT2D eigenvalue weighted by Gasteiger charge is 2.17. The summed E-state index contributed by atoms with van der Waals surface area (Å²) in [6, 6.07) is 8.17. The molecule has 6 nitrogen and oxygen atoms in total. The summed E-state index contributed by atoms with van der Waals surface area (Å²) in [6.07, 6.45) is 0. The lowest BCUT2D eigenvalue weighted by atomic mass is 10.2. The van der Waals surface area contributed by atoms with E-state index < -0.39 is 5.91 Å². The number of nitrogens with zero attached hydrogens (tertiary/aromatic N) is 1. The lowest BCUT2D eigenvalue weighted by Gasteiger charge is -2.04. The molecular formula is C18H16ClN3O3S2. The Morgan fingerprint density at radius 3 is 2.74 bits per heavy atom. The summed E-state index contributed by atoms with van der Waals surface area (Å²) >= 11 is 8.78. The highest BCUT2D eigenvalue weighted by Crippen LogP contribution is 2.35. The Hall–Kier alpha value is -2.42. The first-order valence-electron chi connectivity index (χ1n) is 7.94. The Bertz CT molecular complexity index is 1010. The summed E-state index contributed by atoms with van der Waals surface area (Å²) < 4.78 is 0. The van der Waals surface area contributed by atoms with Crippen molar-refractivity contribution in [3.63, 3.8) is 0 Å². The van der Waals surface area contributed by atoms with Gasteiger partial charge in [0.25, 0.3) is 5.91 Å². The highest BCUT2D eigenvalue weighted by atomic mass is 35.5. The summed E-state index contributed by atoms with van der Waals surface area (Å²) in [5, 5.41) is 16.1. The summed E-state index contributed by atoms with van der Waals surface area (Å²) in [5.74, 6) is -0.705. The van der Waals surface area contributed by atoms with E-state index >= 15 is 0 Å². The van der Waals surface area contributed by atoms with Gasteiger partial charge in [0.15, 0.2) is 5.13 Å². The largest absolute Gasteiger partial charge is 0.507 e. The van der Waals surface area contributed by atoms with Crippen LogP contribution in [0.15, 0.2) is 30.3 Å². The predicted molar refractivity (Wildman–Crippen MR) is 109 cm³/mol. The minimum absolute atomic E-state index is 0.0796. The molecule has 2 aromatic heterocycles. The van der Waals surface area contributed by atoms with Crippen LogP contribution in [-0.4, -0.2) is 21.9 Å². The molecule has 0 spiro atoms. The monoisotopic (exact) mass is 421 g/mol. The van der Waals surface area contributed by atoms with E-state index in [-0.39, 0.29) is 17.2 Å². The average Bonchev–Trinajstić information content (AvgIpc) is 3.21. The number of halogens is 1. The van der Waals surface area contributed by atoms with Crippen molar-refractivity contribution >= 4 is 51.2 Å². The number of thiophene rings is 1. The van der Waals surface area contributed by atoms with E-state index in [2.05, 4.69) is 15.6 Å². The molecule has 3 rings (SSSR count). The number of amides is 2. The maximum Gasteiger partial charge on any atom is 0.261 e. The maximum absolute atomic E-state index is 12.4. The van der Waals surface area contributed by atoms with Crippen LogP contribution in [0.4, 0.5) is 5.13 Å². The van der Waals surface area contributed by atoms with Crippen molar-refractivity contribution in [2.24, 2.45) is 0 Å². The molecule has 0 bridgehead atoms. The minimum atomic E-state index is -0.479. The Labute approximate surface area is 168 Å². The van der Waals surface area contributed by atoms with Gasteiger partial charge in [0, 0.05) is 21.7 Å². The highest BCUT2D eigenvalue weighted by molar-refractivity contribution is 7.18. The zero-order valence-corrected chi connectivity index (χ0v) is 16.9. The summed E-state index contributed by atoms with van der Waals surface area (Å²) in [5.41, 5.74) is 0.871. The van der Waals surface area contributed by atoms with Gasteiger partial charge >= 0.3 is 0 Å². The number of hydrogen-bond acceptors (Lipinski definition) is 6. The topological polar surface area (TPSA) is 91.3 Å². The zero-order chi connectivity index (χ0) is 19.6. The quantitative estimate of drug-likeness (QED) is 0.568. The second-order valence-corrected chi connectivity index (χ2v) is 8.52. The van der Waals surface area contributed by atoms with E-state index in [1.165, 1.54) is 47.8 Å². The first-order chi connectivity index (χ1) is 12.8. The lowest BCUT2D eigenvalue weighted by Crippen LogP contribution is -2.17.